The van der Waals surface area contributed by atoms with Crippen molar-refractivity contribution in [1.29, 1.82) is 0 Å². The van der Waals surface area contributed by atoms with Crippen molar-refractivity contribution < 1.29 is 14.3 Å². The highest BCUT2D eigenvalue weighted by molar-refractivity contribution is 9.11. The highest BCUT2D eigenvalue weighted by Gasteiger charge is 2.26. The van der Waals surface area contributed by atoms with Crippen molar-refractivity contribution in [1.82, 2.24) is 0 Å². The SMILES string of the molecule is CCCOc1c(Br)cc(/C=C2\N=C(c3ccc(Cl)cc3Cl)OC2=O)cc1Br. The lowest BCUT2D eigenvalue weighted by Crippen LogP contribution is -2.05. The van der Waals surface area contributed by atoms with Crippen LogP contribution in [0.3, 0.4) is 0 Å². The predicted molar refractivity (Wildman–Crippen MR) is 115 cm³/mol. The molecule has 3 rings (SSSR count). The number of aliphatic imine (C=N–C) groups is 1. The number of halogens is 4. The molecule has 2 aromatic carbocycles. The van der Waals surface area contributed by atoms with Crippen molar-refractivity contribution in [2.45, 2.75) is 13.3 Å². The fourth-order valence-corrected chi connectivity index (χ4v) is 4.29. The lowest BCUT2D eigenvalue weighted by molar-refractivity contribution is -0.129. The molecular formula is C19H13Br2Cl2NO3. The van der Waals surface area contributed by atoms with Crippen LogP contribution < -0.4 is 4.74 Å². The summed E-state index contributed by atoms with van der Waals surface area (Å²) in [5, 5.41) is 0.850. The van der Waals surface area contributed by atoms with E-state index in [-0.39, 0.29) is 11.6 Å². The molecule has 0 aromatic heterocycles. The van der Waals surface area contributed by atoms with Crippen molar-refractivity contribution in [3.63, 3.8) is 0 Å². The minimum atomic E-state index is -0.547. The lowest BCUT2D eigenvalue weighted by Gasteiger charge is -2.10. The number of cyclic esters (lactones) is 1. The molecule has 0 unspecified atom stereocenters. The molecule has 0 saturated carbocycles. The molecule has 1 aliphatic rings. The Bertz CT molecular complexity index is 950. The third-order valence-corrected chi connectivity index (χ3v) is 5.28. The summed E-state index contributed by atoms with van der Waals surface area (Å²) in [5.41, 5.74) is 1.44. The Kier molecular flexibility index (Phi) is 6.63. The average Bonchev–Trinajstić information content (AvgIpc) is 2.94. The largest absolute Gasteiger partial charge is 0.491 e. The summed E-state index contributed by atoms with van der Waals surface area (Å²) < 4.78 is 12.5. The number of esters is 1. The number of benzene rings is 2. The highest BCUT2D eigenvalue weighted by atomic mass is 79.9. The van der Waals surface area contributed by atoms with Crippen molar-refractivity contribution >= 4 is 73.0 Å². The van der Waals surface area contributed by atoms with Crippen molar-refractivity contribution in [3.05, 3.63) is 66.1 Å². The zero-order valence-electron chi connectivity index (χ0n) is 14.1. The van der Waals surface area contributed by atoms with Crippen LogP contribution in [0.15, 0.2) is 50.0 Å². The van der Waals surface area contributed by atoms with E-state index in [9.17, 15) is 4.79 Å². The molecule has 27 heavy (non-hydrogen) atoms. The monoisotopic (exact) mass is 531 g/mol. The quantitative estimate of drug-likeness (QED) is 0.319. The Balaban J connectivity index is 1.93. The predicted octanol–water partition coefficient (Wildman–Crippen LogP) is 6.65. The number of rotatable bonds is 5. The van der Waals surface area contributed by atoms with Crippen LogP contribution in [0.4, 0.5) is 0 Å². The number of carbonyl (C=O) groups excluding carboxylic acids is 1. The maximum absolute atomic E-state index is 12.2. The normalized spacial score (nSPS) is 15.1. The van der Waals surface area contributed by atoms with E-state index in [1.807, 2.05) is 19.1 Å². The van der Waals surface area contributed by atoms with E-state index < -0.39 is 5.97 Å². The van der Waals surface area contributed by atoms with Gasteiger partial charge >= 0.3 is 5.97 Å². The Morgan fingerprint density at radius 3 is 2.52 bits per heavy atom. The van der Waals surface area contributed by atoms with Gasteiger partial charge in [-0.25, -0.2) is 9.79 Å². The van der Waals surface area contributed by atoms with Gasteiger partial charge in [0.2, 0.25) is 5.90 Å². The summed E-state index contributed by atoms with van der Waals surface area (Å²) in [4.78, 5) is 16.5. The highest BCUT2D eigenvalue weighted by Crippen LogP contribution is 2.36. The van der Waals surface area contributed by atoms with Crippen LogP contribution in [-0.4, -0.2) is 18.5 Å². The minimum Gasteiger partial charge on any atom is -0.491 e. The van der Waals surface area contributed by atoms with Crippen molar-refractivity contribution in [3.8, 4) is 5.75 Å². The van der Waals surface area contributed by atoms with E-state index >= 15 is 0 Å². The van der Waals surface area contributed by atoms with Gasteiger partial charge in [0.05, 0.1) is 26.1 Å². The van der Waals surface area contributed by atoms with Crippen LogP contribution in [0.1, 0.15) is 24.5 Å². The van der Waals surface area contributed by atoms with Gasteiger partial charge in [-0.3, -0.25) is 0 Å². The van der Waals surface area contributed by atoms with E-state index in [1.54, 1.807) is 24.3 Å². The van der Waals surface area contributed by atoms with E-state index in [4.69, 9.17) is 32.7 Å². The standard InChI is InChI=1S/C19H13Br2Cl2NO3/c1-2-5-26-17-13(20)6-10(7-14(17)21)8-16-19(25)27-18(24-16)12-4-3-11(22)9-15(12)23/h3-4,6-9H,2,5H2,1H3/b16-8-. The summed E-state index contributed by atoms with van der Waals surface area (Å²) in [6.07, 6.45) is 2.54. The topological polar surface area (TPSA) is 47.9 Å². The fraction of sp³-hybridized carbons (Fsp3) is 0.158. The molecule has 1 heterocycles. The fourth-order valence-electron chi connectivity index (χ4n) is 2.35. The van der Waals surface area contributed by atoms with Crippen LogP contribution >= 0.6 is 55.1 Å². The number of ether oxygens (including phenoxy) is 2. The molecule has 0 fully saturated rings. The van der Waals surface area contributed by atoms with E-state index in [2.05, 4.69) is 36.9 Å². The molecule has 2 aromatic rings. The number of carbonyl (C=O) groups is 1. The summed E-state index contributed by atoms with van der Waals surface area (Å²) in [6, 6.07) is 8.58. The van der Waals surface area contributed by atoms with Crippen molar-refractivity contribution in [2.24, 2.45) is 4.99 Å². The summed E-state index contributed by atoms with van der Waals surface area (Å²) in [7, 11) is 0. The maximum atomic E-state index is 12.2. The Morgan fingerprint density at radius 2 is 1.89 bits per heavy atom. The molecule has 0 amide bonds. The van der Waals surface area contributed by atoms with Crippen LogP contribution in [0.5, 0.6) is 5.75 Å². The van der Waals surface area contributed by atoms with E-state index in [0.29, 0.717) is 28.0 Å². The molecule has 8 heteroatoms. The smallest absolute Gasteiger partial charge is 0.363 e. The van der Waals surface area contributed by atoms with Gasteiger partial charge < -0.3 is 9.47 Å². The van der Waals surface area contributed by atoms with Gasteiger partial charge in [0.15, 0.2) is 5.70 Å². The second-order valence-electron chi connectivity index (χ2n) is 5.62. The van der Waals surface area contributed by atoms with Gasteiger partial charge in [-0.2, -0.15) is 0 Å². The molecule has 1 aliphatic heterocycles. The molecule has 0 N–H and O–H groups in total. The first-order chi connectivity index (χ1) is 12.9. The molecular weight excluding hydrogens is 521 g/mol. The number of nitrogens with zero attached hydrogens (tertiary/aromatic N) is 1. The first kappa shape index (κ1) is 20.4. The second kappa shape index (κ2) is 8.78. The Hall–Kier alpha value is -1.34. The molecule has 0 aliphatic carbocycles. The summed E-state index contributed by atoms with van der Waals surface area (Å²) in [5.74, 6) is 0.314. The van der Waals surface area contributed by atoms with Gasteiger partial charge in [-0.05, 0) is 80.3 Å². The third kappa shape index (κ3) is 4.74. The van der Waals surface area contributed by atoms with Gasteiger partial charge in [0.25, 0.3) is 0 Å². The van der Waals surface area contributed by atoms with Gasteiger partial charge in [-0.15, -0.1) is 0 Å². The minimum absolute atomic E-state index is 0.147. The van der Waals surface area contributed by atoms with Crippen molar-refractivity contribution in [2.75, 3.05) is 6.61 Å². The molecule has 0 atom stereocenters. The molecule has 0 radical (unpaired) electrons. The Morgan fingerprint density at radius 1 is 1.19 bits per heavy atom. The number of hydrogen-bond acceptors (Lipinski definition) is 4. The first-order valence-electron chi connectivity index (χ1n) is 7.99. The Labute approximate surface area is 183 Å². The van der Waals surface area contributed by atoms with Crippen LogP contribution in [0.25, 0.3) is 6.08 Å². The molecule has 0 bridgehead atoms. The average molecular weight is 534 g/mol. The summed E-state index contributed by atoms with van der Waals surface area (Å²) >= 11 is 19.0. The zero-order chi connectivity index (χ0) is 19.6. The maximum Gasteiger partial charge on any atom is 0.363 e. The second-order valence-corrected chi connectivity index (χ2v) is 8.17. The van der Waals surface area contributed by atoms with Gasteiger partial charge in [0.1, 0.15) is 5.75 Å². The molecule has 0 saturated heterocycles. The van der Waals surface area contributed by atoms with Gasteiger partial charge in [0, 0.05) is 5.02 Å². The van der Waals surface area contributed by atoms with Crippen LogP contribution in [0.2, 0.25) is 10.0 Å². The molecule has 0 spiro atoms. The lowest BCUT2D eigenvalue weighted by atomic mass is 10.2. The molecule has 4 nitrogen and oxygen atoms in total. The van der Waals surface area contributed by atoms with Crippen LogP contribution in [-0.2, 0) is 9.53 Å². The summed E-state index contributed by atoms with van der Waals surface area (Å²) in [6.45, 7) is 2.65. The number of hydrogen-bond donors (Lipinski definition) is 0. The van der Waals surface area contributed by atoms with Crippen LogP contribution in [0, 0.1) is 0 Å². The zero-order valence-corrected chi connectivity index (χ0v) is 18.7. The van der Waals surface area contributed by atoms with E-state index in [1.165, 1.54) is 0 Å². The molecule has 140 valence electrons. The first-order valence-corrected chi connectivity index (χ1v) is 10.3. The van der Waals surface area contributed by atoms with Gasteiger partial charge in [-0.1, -0.05) is 30.1 Å². The van der Waals surface area contributed by atoms with E-state index in [0.717, 1.165) is 20.9 Å². The third-order valence-electron chi connectivity index (χ3n) is 3.56.